The third-order valence-electron chi connectivity index (χ3n) is 4.19. The van der Waals surface area contributed by atoms with Gasteiger partial charge in [-0.25, -0.2) is 4.98 Å². The number of aromatic nitrogens is 1. The zero-order valence-corrected chi connectivity index (χ0v) is 16.9. The lowest BCUT2D eigenvalue weighted by Gasteiger charge is -2.10. The lowest BCUT2D eigenvalue weighted by Crippen LogP contribution is -2.26. The number of benzene rings is 2. The average Bonchev–Trinajstić information content (AvgIpc) is 2.72. The second-order valence-corrected chi connectivity index (χ2v) is 6.93. The quantitative estimate of drug-likeness (QED) is 0.541. The normalized spacial score (nSPS) is 10.3. The lowest BCUT2D eigenvalue weighted by atomic mass is 10.1. The van der Waals surface area contributed by atoms with Gasteiger partial charge in [0.15, 0.2) is 0 Å². The van der Waals surface area contributed by atoms with Crippen LogP contribution in [0.1, 0.15) is 22.3 Å². The molecule has 142 valence electrons. The summed E-state index contributed by atoms with van der Waals surface area (Å²) in [6.45, 7) is 1.10. The van der Waals surface area contributed by atoms with Gasteiger partial charge in [-0.3, -0.25) is 4.79 Å². The summed E-state index contributed by atoms with van der Waals surface area (Å²) in [7, 11) is 1.60. The Morgan fingerprint density at radius 2 is 2.04 bits per heavy atom. The van der Waals surface area contributed by atoms with Crippen molar-refractivity contribution in [2.45, 2.75) is 6.42 Å². The van der Waals surface area contributed by atoms with E-state index in [1.54, 1.807) is 19.2 Å². The summed E-state index contributed by atoms with van der Waals surface area (Å²) in [5.41, 5.74) is 1.86. The van der Waals surface area contributed by atoms with E-state index in [0.717, 1.165) is 21.1 Å². The van der Waals surface area contributed by atoms with E-state index in [0.29, 0.717) is 36.5 Å². The first-order chi connectivity index (χ1) is 13.6. The van der Waals surface area contributed by atoms with Gasteiger partial charge in [0.2, 0.25) is 0 Å². The SMILES string of the molecule is COc1ccc2nc(NCCCNC(=O)c3ccccc3Br)c(C#N)cc2c1. The third-order valence-corrected chi connectivity index (χ3v) is 4.88. The minimum Gasteiger partial charge on any atom is -0.497 e. The van der Waals surface area contributed by atoms with Crippen LogP contribution in [0.3, 0.4) is 0 Å². The zero-order valence-electron chi connectivity index (χ0n) is 15.3. The number of fused-ring (bicyclic) bond motifs is 1. The predicted octanol–water partition coefficient (Wildman–Crippen LogP) is 4.11. The number of nitrogens with zero attached hydrogens (tertiary/aromatic N) is 2. The second-order valence-electron chi connectivity index (χ2n) is 6.07. The van der Waals surface area contributed by atoms with Crippen molar-refractivity contribution in [1.82, 2.24) is 10.3 Å². The number of halogens is 1. The van der Waals surface area contributed by atoms with Crippen molar-refractivity contribution in [3.8, 4) is 11.8 Å². The monoisotopic (exact) mass is 438 g/mol. The molecule has 0 spiro atoms. The summed E-state index contributed by atoms with van der Waals surface area (Å²) < 4.78 is 5.98. The number of carbonyl (C=O) groups excluding carboxylic acids is 1. The van der Waals surface area contributed by atoms with Crippen LogP contribution in [0.15, 0.2) is 53.0 Å². The molecule has 28 heavy (non-hydrogen) atoms. The Bertz CT molecular complexity index is 1050. The molecule has 0 aliphatic carbocycles. The molecule has 0 saturated carbocycles. The number of hydrogen-bond donors (Lipinski definition) is 2. The van der Waals surface area contributed by atoms with Crippen molar-refractivity contribution in [3.63, 3.8) is 0 Å². The largest absolute Gasteiger partial charge is 0.497 e. The summed E-state index contributed by atoms with van der Waals surface area (Å²) in [6.07, 6.45) is 0.698. The Balaban J connectivity index is 1.57. The molecule has 0 aliphatic rings. The van der Waals surface area contributed by atoms with Crippen molar-refractivity contribution in [3.05, 3.63) is 64.1 Å². The van der Waals surface area contributed by atoms with Crippen LogP contribution in [0.4, 0.5) is 5.82 Å². The first-order valence-electron chi connectivity index (χ1n) is 8.78. The Morgan fingerprint density at radius 1 is 1.21 bits per heavy atom. The average molecular weight is 439 g/mol. The molecule has 0 saturated heterocycles. The molecular formula is C21H19BrN4O2. The maximum Gasteiger partial charge on any atom is 0.252 e. The highest BCUT2D eigenvalue weighted by molar-refractivity contribution is 9.10. The lowest BCUT2D eigenvalue weighted by molar-refractivity contribution is 0.0953. The Kier molecular flexibility index (Phi) is 6.45. The Morgan fingerprint density at radius 3 is 2.79 bits per heavy atom. The molecule has 7 heteroatoms. The minimum atomic E-state index is -0.122. The van der Waals surface area contributed by atoms with Gasteiger partial charge in [-0.05, 0) is 58.7 Å². The molecule has 1 aromatic heterocycles. The standard InChI is InChI=1S/C21H19BrN4O2/c1-28-16-7-8-19-14(12-16)11-15(13-23)20(26-19)24-9-4-10-25-21(27)17-5-2-3-6-18(17)22/h2-3,5-8,11-12H,4,9-10H2,1H3,(H,24,26)(H,25,27). The summed E-state index contributed by atoms with van der Waals surface area (Å²) in [5, 5.41) is 16.3. The van der Waals surface area contributed by atoms with Crippen LogP contribution in [0.25, 0.3) is 10.9 Å². The molecule has 3 aromatic rings. The van der Waals surface area contributed by atoms with E-state index in [9.17, 15) is 10.1 Å². The second kappa shape index (κ2) is 9.20. The highest BCUT2D eigenvalue weighted by atomic mass is 79.9. The number of nitriles is 1. The van der Waals surface area contributed by atoms with E-state index in [2.05, 4.69) is 37.6 Å². The van der Waals surface area contributed by atoms with Gasteiger partial charge in [0, 0.05) is 22.9 Å². The summed E-state index contributed by atoms with van der Waals surface area (Å²) >= 11 is 3.37. The van der Waals surface area contributed by atoms with Crippen LogP contribution in [0, 0.1) is 11.3 Å². The Labute approximate surface area is 171 Å². The van der Waals surface area contributed by atoms with Gasteiger partial charge >= 0.3 is 0 Å². The number of pyridine rings is 1. The van der Waals surface area contributed by atoms with Crippen molar-refractivity contribution >= 4 is 38.6 Å². The van der Waals surface area contributed by atoms with Crippen LogP contribution in [0.5, 0.6) is 5.75 Å². The molecule has 6 nitrogen and oxygen atoms in total. The molecule has 0 fully saturated rings. The fourth-order valence-electron chi connectivity index (χ4n) is 2.74. The van der Waals surface area contributed by atoms with Crippen molar-refractivity contribution < 1.29 is 9.53 Å². The van der Waals surface area contributed by atoms with Gasteiger partial charge in [0.1, 0.15) is 17.6 Å². The number of rotatable bonds is 7. The summed E-state index contributed by atoms with van der Waals surface area (Å²) in [5.74, 6) is 1.14. The van der Waals surface area contributed by atoms with Crippen molar-refractivity contribution in [2.24, 2.45) is 0 Å². The maximum atomic E-state index is 12.2. The number of ether oxygens (including phenoxy) is 1. The van der Waals surface area contributed by atoms with Crippen molar-refractivity contribution in [1.29, 1.82) is 5.26 Å². The molecule has 3 rings (SSSR count). The molecule has 0 bridgehead atoms. The van der Waals surface area contributed by atoms with Gasteiger partial charge in [0.25, 0.3) is 5.91 Å². The van der Waals surface area contributed by atoms with E-state index in [1.165, 1.54) is 0 Å². The number of hydrogen-bond acceptors (Lipinski definition) is 5. The highest BCUT2D eigenvalue weighted by Crippen LogP contribution is 2.24. The fraction of sp³-hybridized carbons (Fsp3) is 0.190. The maximum absolute atomic E-state index is 12.2. The van der Waals surface area contributed by atoms with Crippen LogP contribution >= 0.6 is 15.9 Å². The number of amides is 1. The van der Waals surface area contributed by atoms with Crippen LogP contribution in [0.2, 0.25) is 0 Å². The number of methoxy groups -OCH3 is 1. The zero-order chi connectivity index (χ0) is 19.9. The molecule has 0 aliphatic heterocycles. The number of nitrogens with one attached hydrogen (secondary N) is 2. The molecule has 0 atom stereocenters. The Hall–Kier alpha value is -3.11. The van der Waals surface area contributed by atoms with Gasteiger partial charge in [0.05, 0.1) is 23.8 Å². The molecule has 1 heterocycles. The number of anilines is 1. The van der Waals surface area contributed by atoms with Gasteiger partial charge < -0.3 is 15.4 Å². The highest BCUT2D eigenvalue weighted by Gasteiger charge is 2.09. The van der Waals surface area contributed by atoms with E-state index in [-0.39, 0.29) is 5.91 Å². The number of carbonyl (C=O) groups is 1. The van der Waals surface area contributed by atoms with E-state index in [1.807, 2.05) is 36.4 Å². The van der Waals surface area contributed by atoms with E-state index in [4.69, 9.17) is 4.74 Å². The molecular weight excluding hydrogens is 420 g/mol. The first-order valence-corrected chi connectivity index (χ1v) is 9.57. The van der Waals surface area contributed by atoms with Gasteiger partial charge in [-0.15, -0.1) is 0 Å². The summed E-state index contributed by atoms with van der Waals surface area (Å²) in [4.78, 5) is 16.7. The third kappa shape index (κ3) is 4.59. The van der Waals surface area contributed by atoms with Gasteiger partial charge in [-0.1, -0.05) is 12.1 Å². The van der Waals surface area contributed by atoms with Crippen LogP contribution < -0.4 is 15.4 Å². The van der Waals surface area contributed by atoms with Crippen LogP contribution in [-0.4, -0.2) is 31.1 Å². The topological polar surface area (TPSA) is 87.0 Å². The molecule has 0 unspecified atom stereocenters. The smallest absolute Gasteiger partial charge is 0.252 e. The molecule has 2 N–H and O–H groups in total. The van der Waals surface area contributed by atoms with E-state index < -0.39 is 0 Å². The van der Waals surface area contributed by atoms with Crippen molar-refractivity contribution in [2.75, 3.05) is 25.5 Å². The molecule has 2 aromatic carbocycles. The molecule has 1 amide bonds. The fourth-order valence-corrected chi connectivity index (χ4v) is 3.20. The predicted molar refractivity (Wildman–Crippen MR) is 113 cm³/mol. The van der Waals surface area contributed by atoms with E-state index >= 15 is 0 Å². The van der Waals surface area contributed by atoms with Gasteiger partial charge in [-0.2, -0.15) is 5.26 Å². The van der Waals surface area contributed by atoms with Crippen LogP contribution in [-0.2, 0) is 0 Å². The summed E-state index contributed by atoms with van der Waals surface area (Å²) in [6, 6.07) is 16.8. The first kappa shape index (κ1) is 19.6. The minimum absolute atomic E-state index is 0.122. The molecule has 0 radical (unpaired) electrons.